The summed E-state index contributed by atoms with van der Waals surface area (Å²) in [6.07, 6.45) is 0. The van der Waals surface area contributed by atoms with Crippen LogP contribution >= 0.6 is 22.9 Å². The van der Waals surface area contributed by atoms with Gasteiger partial charge in [-0.1, -0.05) is 42.5 Å². The summed E-state index contributed by atoms with van der Waals surface area (Å²) < 4.78 is 0.973. The fourth-order valence-corrected chi connectivity index (χ4v) is 2.87. The molecule has 1 heterocycles. The summed E-state index contributed by atoms with van der Waals surface area (Å²) in [7, 11) is 0. The van der Waals surface area contributed by atoms with Crippen LogP contribution in [0.3, 0.4) is 0 Å². The van der Waals surface area contributed by atoms with Crippen LogP contribution in [0.2, 0.25) is 0 Å². The molecule has 18 heavy (non-hydrogen) atoms. The first-order valence-electron chi connectivity index (χ1n) is 5.40. The van der Waals surface area contributed by atoms with Crippen molar-refractivity contribution in [3.8, 4) is 11.1 Å². The van der Waals surface area contributed by atoms with E-state index in [1.54, 1.807) is 0 Å². The van der Waals surface area contributed by atoms with Gasteiger partial charge in [-0.25, -0.2) is 4.98 Å². The van der Waals surface area contributed by atoms with Crippen molar-refractivity contribution in [2.75, 3.05) is 0 Å². The molecule has 0 N–H and O–H groups in total. The van der Waals surface area contributed by atoms with Gasteiger partial charge in [0.25, 0.3) is 5.24 Å². The molecule has 0 atom stereocenters. The maximum absolute atomic E-state index is 11.2. The summed E-state index contributed by atoms with van der Waals surface area (Å²) in [6.45, 7) is 0. The van der Waals surface area contributed by atoms with Gasteiger partial charge in [-0.05, 0) is 23.2 Å². The zero-order chi connectivity index (χ0) is 12.5. The Labute approximate surface area is 113 Å². The summed E-state index contributed by atoms with van der Waals surface area (Å²) in [5, 5.41) is -0.162. The SMILES string of the molecule is O=C(Cl)c1nc2c(-c3ccccc3)cccc2s1. The van der Waals surface area contributed by atoms with Crippen LogP contribution in [0.1, 0.15) is 9.80 Å². The Hall–Kier alpha value is -1.71. The lowest BCUT2D eigenvalue weighted by molar-refractivity contribution is 0.108. The highest BCUT2D eigenvalue weighted by Crippen LogP contribution is 2.31. The lowest BCUT2D eigenvalue weighted by atomic mass is 10.1. The molecular weight excluding hydrogens is 266 g/mol. The van der Waals surface area contributed by atoms with Crippen LogP contribution in [0.25, 0.3) is 21.3 Å². The minimum Gasteiger partial charge on any atom is -0.273 e. The van der Waals surface area contributed by atoms with Gasteiger partial charge in [-0.15, -0.1) is 11.3 Å². The lowest BCUT2D eigenvalue weighted by Gasteiger charge is -2.01. The van der Waals surface area contributed by atoms with Crippen molar-refractivity contribution in [2.24, 2.45) is 0 Å². The molecule has 0 unspecified atom stereocenters. The van der Waals surface area contributed by atoms with Crippen molar-refractivity contribution in [3.63, 3.8) is 0 Å². The normalized spacial score (nSPS) is 10.7. The van der Waals surface area contributed by atoms with Crippen molar-refractivity contribution in [2.45, 2.75) is 0 Å². The number of hydrogen-bond acceptors (Lipinski definition) is 3. The van der Waals surface area contributed by atoms with Gasteiger partial charge in [-0.2, -0.15) is 0 Å². The second kappa shape index (κ2) is 4.52. The standard InChI is InChI=1S/C14H8ClNOS/c15-13(17)14-16-12-10(7-4-8-11(12)18-14)9-5-2-1-3-6-9/h1-8H. The van der Waals surface area contributed by atoms with Crippen LogP contribution in [-0.2, 0) is 0 Å². The average Bonchev–Trinajstić information content (AvgIpc) is 2.83. The molecule has 0 aliphatic carbocycles. The number of carbonyl (C=O) groups excluding carboxylic acids is 1. The monoisotopic (exact) mass is 273 g/mol. The van der Waals surface area contributed by atoms with E-state index in [1.165, 1.54) is 11.3 Å². The zero-order valence-corrected chi connectivity index (χ0v) is 10.8. The first kappa shape index (κ1) is 11.4. The molecule has 0 bridgehead atoms. The third-order valence-corrected chi connectivity index (χ3v) is 3.98. The number of aromatic nitrogens is 1. The number of carbonyl (C=O) groups is 1. The third kappa shape index (κ3) is 1.92. The molecule has 0 radical (unpaired) electrons. The van der Waals surface area contributed by atoms with E-state index in [0.29, 0.717) is 5.01 Å². The van der Waals surface area contributed by atoms with Gasteiger partial charge >= 0.3 is 0 Å². The smallest absolute Gasteiger partial charge is 0.273 e. The molecule has 4 heteroatoms. The van der Waals surface area contributed by atoms with Crippen LogP contribution in [0.4, 0.5) is 0 Å². The molecule has 3 rings (SSSR count). The Morgan fingerprint density at radius 2 is 1.83 bits per heavy atom. The van der Waals surface area contributed by atoms with Crippen LogP contribution in [0.5, 0.6) is 0 Å². The molecule has 0 saturated heterocycles. The lowest BCUT2D eigenvalue weighted by Crippen LogP contribution is -1.85. The molecule has 0 amide bonds. The van der Waals surface area contributed by atoms with E-state index in [4.69, 9.17) is 11.6 Å². The Morgan fingerprint density at radius 3 is 2.56 bits per heavy atom. The Kier molecular flexibility index (Phi) is 2.86. The fraction of sp³-hybridized carbons (Fsp3) is 0. The number of nitrogens with zero attached hydrogens (tertiary/aromatic N) is 1. The molecule has 0 fully saturated rings. The van der Waals surface area contributed by atoms with E-state index in [-0.39, 0.29) is 0 Å². The Balaban J connectivity index is 2.27. The number of rotatable bonds is 2. The van der Waals surface area contributed by atoms with Gasteiger partial charge in [0, 0.05) is 5.56 Å². The van der Waals surface area contributed by atoms with Crippen LogP contribution in [-0.4, -0.2) is 10.2 Å². The van der Waals surface area contributed by atoms with Gasteiger partial charge in [0.1, 0.15) is 0 Å². The summed E-state index contributed by atoms with van der Waals surface area (Å²) in [5.74, 6) is 0. The van der Waals surface area contributed by atoms with E-state index in [1.807, 2.05) is 48.5 Å². The predicted octanol–water partition coefficient (Wildman–Crippen LogP) is 4.34. The number of fused-ring (bicyclic) bond motifs is 1. The topological polar surface area (TPSA) is 30.0 Å². The van der Waals surface area contributed by atoms with E-state index in [9.17, 15) is 4.79 Å². The van der Waals surface area contributed by atoms with E-state index < -0.39 is 5.24 Å². The second-order valence-corrected chi connectivity index (χ2v) is 5.18. The van der Waals surface area contributed by atoms with Gasteiger partial charge in [0.15, 0.2) is 5.01 Å². The highest BCUT2D eigenvalue weighted by Gasteiger charge is 2.12. The molecule has 0 aliphatic rings. The highest BCUT2D eigenvalue weighted by molar-refractivity contribution is 7.21. The van der Waals surface area contributed by atoms with Crippen LogP contribution in [0.15, 0.2) is 48.5 Å². The largest absolute Gasteiger partial charge is 0.281 e. The van der Waals surface area contributed by atoms with Gasteiger partial charge in [-0.3, -0.25) is 4.79 Å². The summed E-state index contributed by atoms with van der Waals surface area (Å²) in [5.41, 5.74) is 2.94. The highest BCUT2D eigenvalue weighted by atomic mass is 35.5. The van der Waals surface area contributed by atoms with Gasteiger partial charge < -0.3 is 0 Å². The molecule has 2 aromatic carbocycles. The first-order chi connectivity index (χ1) is 8.75. The molecule has 0 spiro atoms. The average molecular weight is 274 g/mol. The van der Waals surface area contributed by atoms with Gasteiger partial charge in [0.05, 0.1) is 10.2 Å². The number of thiazole rings is 1. The molecule has 1 aromatic heterocycles. The second-order valence-electron chi connectivity index (χ2n) is 3.81. The zero-order valence-electron chi connectivity index (χ0n) is 9.26. The van der Waals surface area contributed by atoms with Crippen molar-refractivity contribution < 1.29 is 4.79 Å². The van der Waals surface area contributed by atoms with Crippen molar-refractivity contribution in [1.29, 1.82) is 0 Å². The van der Waals surface area contributed by atoms with E-state index >= 15 is 0 Å². The maximum Gasteiger partial charge on any atom is 0.281 e. The van der Waals surface area contributed by atoms with Crippen molar-refractivity contribution >= 4 is 38.4 Å². The Bertz CT molecular complexity index is 721. The first-order valence-corrected chi connectivity index (χ1v) is 6.60. The summed E-state index contributed by atoms with van der Waals surface area (Å²) in [4.78, 5) is 15.5. The Morgan fingerprint density at radius 1 is 1.06 bits per heavy atom. The van der Waals surface area contributed by atoms with E-state index in [2.05, 4.69) is 4.98 Å². The number of benzene rings is 2. The number of para-hydroxylation sites is 1. The third-order valence-electron chi connectivity index (χ3n) is 2.67. The van der Waals surface area contributed by atoms with E-state index in [0.717, 1.165) is 21.3 Å². The summed E-state index contributed by atoms with van der Waals surface area (Å²) in [6, 6.07) is 15.9. The van der Waals surface area contributed by atoms with Crippen LogP contribution < -0.4 is 0 Å². The maximum atomic E-state index is 11.2. The van der Waals surface area contributed by atoms with Gasteiger partial charge in [0.2, 0.25) is 0 Å². The molecule has 0 saturated carbocycles. The number of halogens is 1. The fourth-order valence-electron chi connectivity index (χ4n) is 1.88. The predicted molar refractivity (Wildman–Crippen MR) is 75.2 cm³/mol. The molecule has 2 nitrogen and oxygen atoms in total. The molecule has 88 valence electrons. The van der Waals surface area contributed by atoms with Crippen molar-refractivity contribution in [1.82, 2.24) is 4.98 Å². The van der Waals surface area contributed by atoms with Crippen LogP contribution in [0, 0.1) is 0 Å². The quantitative estimate of drug-likeness (QED) is 0.650. The minimum absolute atomic E-state index is 0.343. The minimum atomic E-state index is -0.504. The number of hydrogen-bond donors (Lipinski definition) is 0. The molecule has 0 aliphatic heterocycles. The molecule has 3 aromatic rings. The molecular formula is C14H8ClNOS. The summed E-state index contributed by atoms with van der Waals surface area (Å²) >= 11 is 6.80. The van der Waals surface area contributed by atoms with Crippen molar-refractivity contribution in [3.05, 3.63) is 53.5 Å².